The van der Waals surface area contributed by atoms with E-state index in [4.69, 9.17) is 0 Å². The molecule has 0 saturated carbocycles. The summed E-state index contributed by atoms with van der Waals surface area (Å²) in [6.07, 6.45) is 3.88. The summed E-state index contributed by atoms with van der Waals surface area (Å²) >= 11 is 0. The smallest absolute Gasteiger partial charge is 0.345 e. The van der Waals surface area contributed by atoms with Crippen LogP contribution in [0.25, 0.3) is 11.4 Å². The van der Waals surface area contributed by atoms with Gasteiger partial charge in [-0.1, -0.05) is 0 Å². The molecule has 0 aromatic carbocycles. The second-order valence-electron chi connectivity index (χ2n) is 2.55. The van der Waals surface area contributed by atoms with E-state index in [1.54, 1.807) is 6.07 Å². The van der Waals surface area contributed by atoms with Crippen molar-refractivity contribution >= 4 is 0 Å². The summed E-state index contributed by atoms with van der Waals surface area (Å²) < 4.78 is 0. The van der Waals surface area contributed by atoms with Gasteiger partial charge >= 0.3 is 5.69 Å². The third-order valence-corrected chi connectivity index (χ3v) is 1.62. The van der Waals surface area contributed by atoms with Gasteiger partial charge in [-0.3, -0.25) is 0 Å². The lowest BCUT2D eigenvalue weighted by molar-refractivity contribution is 0.471. The molecule has 2 aromatic heterocycles. The van der Waals surface area contributed by atoms with Crippen molar-refractivity contribution in [2.45, 2.75) is 0 Å². The van der Waals surface area contributed by atoms with E-state index in [-0.39, 0.29) is 11.4 Å². The Hall–Kier alpha value is -2.24. The maximum absolute atomic E-state index is 10.9. The first-order valence-corrected chi connectivity index (χ1v) is 3.82. The molecular weight excluding hydrogens is 184 g/mol. The molecular formula is C8H6N4O2. The standard InChI is InChI=1S/C8H6N4O2/c13-6-3-9-4-11-7(6)5-1-2-10-8(14)12-5/h1-4,13H,(H,10,12,14). The molecule has 0 bridgehead atoms. The van der Waals surface area contributed by atoms with E-state index in [0.717, 1.165) is 0 Å². The molecule has 0 radical (unpaired) electrons. The minimum absolute atomic E-state index is 0.0886. The van der Waals surface area contributed by atoms with E-state index in [9.17, 15) is 9.90 Å². The van der Waals surface area contributed by atoms with Crippen molar-refractivity contribution in [3.05, 3.63) is 35.3 Å². The van der Waals surface area contributed by atoms with Crippen LogP contribution in [-0.4, -0.2) is 25.0 Å². The van der Waals surface area contributed by atoms with Crippen LogP contribution in [0.2, 0.25) is 0 Å². The molecule has 0 aliphatic heterocycles. The van der Waals surface area contributed by atoms with Crippen LogP contribution in [0, 0.1) is 0 Å². The molecule has 6 heteroatoms. The van der Waals surface area contributed by atoms with Crippen LogP contribution < -0.4 is 5.69 Å². The Morgan fingerprint density at radius 3 is 2.93 bits per heavy atom. The van der Waals surface area contributed by atoms with Gasteiger partial charge < -0.3 is 10.1 Å². The Morgan fingerprint density at radius 2 is 2.21 bits per heavy atom. The monoisotopic (exact) mass is 190 g/mol. The zero-order chi connectivity index (χ0) is 9.97. The summed E-state index contributed by atoms with van der Waals surface area (Å²) in [5, 5.41) is 9.39. The highest BCUT2D eigenvalue weighted by Gasteiger charge is 2.05. The second-order valence-corrected chi connectivity index (χ2v) is 2.55. The Labute approximate surface area is 78.3 Å². The molecule has 6 nitrogen and oxygen atoms in total. The van der Waals surface area contributed by atoms with Gasteiger partial charge in [-0.25, -0.2) is 19.7 Å². The predicted octanol–water partition coefficient (Wildman–Crippen LogP) is -0.0675. The van der Waals surface area contributed by atoms with E-state index in [1.807, 2.05) is 0 Å². The van der Waals surface area contributed by atoms with Gasteiger partial charge in [-0.05, 0) is 6.07 Å². The maximum Gasteiger partial charge on any atom is 0.345 e. The first-order valence-electron chi connectivity index (χ1n) is 3.82. The first-order chi connectivity index (χ1) is 6.77. The van der Waals surface area contributed by atoms with Gasteiger partial charge in [-0.2, -0.15) is 0 Å². The zero-order valence-corrected chi connectivity index (χ0v) is 7.01. The Kier molecular flexibility index (Phi) is 1.94. The van der Waals surface area contributed by atoms with Crippen molar-refractivity contribution in [2.75, 3.05) is 0 Å². The minimum atomic E-state index is -0.486. The molecule has 0 fully saturated rings. The normalized spacial score (nSPS) is 10.0. The van der Waals surface area contributed by atoms with E-state index >= 15 is 0 Å². The zero-order valence-electron chi connectivity index (χ0n) is 7.01. The van der Waals surface area contributed by atoms with Crippen LogP contribution >= 0.6 is 0 Å². The van der Waals surface area contributed by atoms with Gasteiger partial charge in [-0.15, -0.1) is 0 Å². The Morgan fingerprint density at radius 1 is 1.36 bits per heavy atom. The first kappa shape index (κ1) is 8.36. The van der Waals surface area contributed by atoms with E-state index < -0.39 is 5.69 Å². The van der Waals surface area contributed by atoms with Crippen molar-refractivity contribution in [2.24, 2.45) is 0 Å². The van der Waals surface area contributed by atoms with Crippen LogP contribution in [-0.2, 0) is 0 Å². The quantitative estimate of drug-likeness (QED) is 0.656. The fraction of sp³-hybridized carbons (Fsp3) is 0. The van der Waals surface area contributed by atoms with Crippen LogP contribution in [0.1, 0.15) is 0 Å². The van der Waals surface area contributed by atoms with Gasteiger partial charge in [0.1, 0.15) is 12.0 Å². The molecule has 2 rings (SSSR count). The Balaban J connectivity index is 2.61. The summed E-state index contributed by atoms with van der Waals surface area (Å²) in [6, 6.07) is 1.55. The molecule has 2 N–H and O–H groups in total. The number of hydrogen-bond acceptors (Lipinski definition) is 5. The largest absolute Gasteiger partial charge is 0.504 e. The van der Waals surface area contributed by atoms with E-state index in [2.05, 4.69) is 19.9 Å². The highest BCUT2D eigenvalue weighted by Crippen LogP contribution is 2.21. The summed E-state index contributed by atoms with van der Waals surface area (Å²) in [4.78, 5) is 24.2. The lowest BCUT2D eigenvalue weighted by atomic mass is 10.3. The van der Waals surface area contributed by atoms with Gasteiger partial charge in [0.05, 0.1) is 11.9 Å². The lowest BCUT2D eigenvalue weighted by Crippen LogP contribution is -2.09. The lowest BCUT2D eigenvalue weighted by Gasteiger charge is -2.00. The molecule has 0 amide bonds. The number of aromatic amines is 1. The van der Waals surface area contributed by atoms with Gasteiger partial charge in [0.2, 0.25) is 0 Å². The fourth-order valence-corrected chi connectivity index (χ4v) is 1.04. The highest BCUT2D eigenvalue weighted by atomic mass is 16.3. The van der Waals surface area contributed by atoms with Crippen LogP contribution in [0.5, 0.6) is 5.75 Å². The summed E-state index contributed by atoms with van der Waals surface area (Å²) in [5.41, 5.74) is 0.199. The van der Waals surface area contributed by atoms with Crippen molar-refractivity contribution in [1.29, 1.82) is 0 Å². The number of aromatic hydroxyl groups is 1. The van der Waals surface area contributed by atoms with Gasteiger partial charge in [0.15, 0.2) is 5.75 Å². The number of nitrogens with zero attached hydrogens (tertiary/aromatic N) is 3. The average molecular weight is 190 g/mol. The summed E-state index contributed by atoms with van der Waals surface area (Å²) in [6.45, 7) is 0. The third kappa shape index (κ3) is 1.45. The number of hydrogen-bond donors (Lipinski definition) is 2. The molecule has 0 aliphatic rings. The number of nitrogens with one attached hydrogen (secondary N) is 1. The molecule has 2 heterocycles. The third-order valence-electron chi connectivity index (χ3n) is 1.62. The van der Waals surface area contributed by atoms with Crippen molar-refractivity contribution in [3.8, 4) is 17.1 Å². The van der Waals surface area contributed by atoms with Crippen LogP contribution in [0.15, 0.2) is 29.6 Å². The average Bonchev–Trinajstić information content (AvgIpc) is 2.18. The topological polar surface area (TPSA) is 91.8 Å². The molecule has 0 saturated heterocycles. The molecule has 70 valence electrons. The van der Waals surface area contributed by atoms with Crippen molar-refractivity contribution < 1.29 is 5.11 Å². The number of aromatic nitrogens is 4. The molecule has 14 heavy (non-hydrogen) atoms. The number of H-pyrrole nitrogens is 1. The maximum atomic E-state index is 10.9. The van der Waals surface area contributed by atoms with E-state index in [0.29, 0.717) is 5.69 Å². The SMILES string of the molecule is O=c1nccc(-c2ncncc2O)[nH]1. The van der Waals surface area contributed by atoms with Gasteiger partial charge in [0, 0.05) is 6.20 Å². The number of rotatable bonds is 1. The van der Waals surface area contributed by atoms with Gasteiger partial charge in [0.25, 0.3) is 0 Å². The van der Waals surface area contributed by atoms with Crippen molar-refractivity contribution in [3.63, 3.8) is 0 Å². The molecule has 0 aliphatic carbocycles. The predicted molar refractivity (Wildman–Crippen MR) is 47.5 cm³/mol. The second kappa shape index (κ2) is 3.25. The van der Waals surface area contributed by atoms with Crippen molar-refractivity contribution in [1.82, 2.24) is 19.9 Å². The minimum Gasteiger partial charge on any atom is -0.504 e. The Bertz CT molecular complexity index is 508. The molecule has 0 unspecified atom stereocenters. The molecule has 2 aromatic rings. The van der Waals surface area contributed by atoms with Crippen LogP contribution in [0.3, 0.4) is 0 Å². The molecule has 0 spiro atoms. The van der Waals surface area contributed by atoms with Crippen LogP contribution in [0.4, 0.5) is 0 Å². The molecule has 0 atom stereocenters. The summed E-state index contributed by atoms with van der Waals surface area (Å²) in [5.74, 6) is -0.0886. The van der Waals surface area contributed by atoms with E-state index in [1.165, 1.54) is 18.7 Å². The highest BCUT2D eigenvalue weighted by molar-refractivity contribution is 5.59. The summed E-state index contributed by atoms with van der Waals surface area (Å²) in [7, 11) is 0. The fourth-order valence-electron chi connectivity index (χ4n) is 1.04.